The van der Waals surface area contributed by atoms with Gasteiger partial charge in [0, 0.05) is 17.0 Å². The second kappa shape index (κ2) is 8.32. The Kier molecular flexibility index (Phi) is 6.43. The molecule has 0 aliphatic carbocycles. The summed E-state index contributed by atoms with van der Waals surface area (Å²) in [6.07, 6.45) is 2.27. The molecular weight excluding hydrogens is 276 g/mol. The molecule has 1 aromatic heterocycles. The maximum atomic E-state index is 3.43. The molecule has 2 unspecified atom stereocenters. The first-order valence-electron chi connectivity index (χ1n) is 7.65. The fourth-order valence-corrected chi connectivity index (χ4v) is 3.42. The summed E-state index contributed by atoms with van der Waals surface area (Å²) in [6, 6.07) is 16.1. The highest BCUT2D eigenvalue weighted by Crippen LogP contribution is 2.18. The summed E-state index contributed by atoms with van der Waals surface area (Å²) in [7, 11) is 4.28. The highest BCUT2D eigenvalue weighted by atomic mass is 32.1. The van der Waals surface area contributed by atoms with Gasteiger partial charge in [-0.25, -0.2) is 0 Å². The number of thiophene rings is 1. The summed E-state index contributed by atoms with van der Waals surface area (Å²) >= 11 is 1.86. The lowest BCUT2D eigenvalue weighted by Gasteiger charge is -2.26. The van der Waals surface area contributed by atoms with Crippen LogP contribution in [0.15, 0.2) is 47.8 Å². The largest absolute Gasteiger partial charge is 0.313 e. The summed E-state index contributed by atoms with van der Waals surface area (Å²) < 4.78 is 0. The molecule has 114 valence electrons. The van der Waals surface area contributed by atoms with Crippen LogP contribution < -0.4 is 5.32 Å². The first kappa shape index (κ1) is 16.2. The third-order valence-corrected chi connectivity index (χ3v) is 5.05. The zero-order valence-corrected chi connectivity index (χ0v) is 14.1. The topological polar surface area (TPSA) is 15.3 Å². The number of benzene rings is 1. The molecule has 1 aromatic carbocycles. The maximum absolute atomic E-state index is 3.43. The highest BCUT2D eigenvalue weighted by Gasteiger charge is 2.14. The zero-order valence-electron chi connectivity index (χ0n) is 13.3. The van der Waals surface area contributed by atoms with Gasteiger partial charge in [-0.2, -0.15) is 0 Å². The normalized spacial score (nSPS) is 14.3. The molecule has 1 N–H and O–H groups in total. The number of nitrogens with zero attached hydrogens (tertiary/aromatic N) is 1. The Balaban J connectivity index is 1.83. The predicted octanol–water partition coefficient (Wildman–Crippen LogP) is 3.96. The van der Waals surface area contributed by atoms with Gasteiger partial charge in [-0.1, -0.05) is 36.4 Å². The van der Waals surface area contributed by atoms with Crippen molar-refractivity contribution in [3.8, 4) is 0 Å². The molecule has 0 saturated carbocycles. The minimum Gasteiger partial charge on any atom is -0.313 e. The third-order valence-electron chi connectivity index (χ3n) is 4.15. The van der Waals surface area contributed by atoms with Crippen LogP contribution in [0.25, 0.3) is 0 Å². The summed E-state index contributed by atoms with van der Waals surface area (Å²) in [5.41, 5.74) is 1.37. The van der Waals surface area contributed by atoms with Crippen LogP contribution in [0.4, 0.5) is 0 Å². The van der Waals surface area contributed by atoms with Crippen LogP contribution in [0.1, 0.15) is 29.8 Å². The average molecular weight is 302 g/mol. The van der Waals surface area contributed by atoms with E-state index in [4.69, 9.17) is 0 Å². The Bertz CT molecular complexity index is 495. The van der Waals surface area contributed by atoms with Crippen molar-refractivity contribution in [3.05, 3.63) is 58.3 Å². The van der Waals surface area contributed by atoms with Crippen molar-refractivity contribution in [1.29, 1.82) is 0 Å². The van der Waals surface area contributed by atoms with E-state index >= 15 is 0 Å². The Morgan fingerprint density at radius 2 is 1.90 bits per heavy atom. The molecule has 0 saturated heterocycles. The van der Waals surface area contributed by atoms with Crippen molar-refractivity contribution in [3.63, 3.8) is 0 Å². The molecule has 2 atom stereocenters. The molecule has 21 heavy (non-hydrogen) atoms. The molecule has 0 spiro atoms. The van der Waals surface area contributed by atoms with Gasteiger partial charge >= 0.3 is 0 Å². The molecule has 2 aromatic rings. The minimum atomic E-state index is 0.433. The minimum absolute atomic E-state index is 0.433. The number of hydrogen-bond donors (Lipinski definition) is 1. The third kappa shape index (κ3) is 4.95. The van der Waals surface area contributed by atoms with Gasteiger partial charge in [0.2, 0.25) is 0 Å². The van der Waals surface area contributed by atoms with Gasteiger partial charge in [-0.05, 0) is 57.4 Å². The molecule has 3 heteroatoms. The SMILES string of the molecule is CNC(CCN(C)C(C)Cc1cccs1)c1ccccc1. The van der Waals surface area contributed by atoms with Gasteiger partial charge in [0.05, 0.1) is 0 Å². The summed E-state index contributed by atoms with van der Waals surface area (Å²) in [5, 5.41) is 5.59. The van der Waals surface area contributed by atoms with Crippen LogP contribution in [-0.4, -0.2) is 31.6 Å². The maximum Gasteiger partial charge on any atom is 0.0329 e. The lowest BCUT2D eigenvalue weighted by Crippen LogP contribution is -2.33. The van der Waals surface area contributed by atoms with E-state index in [1.54, 1.807) is 0 Å². The molecule has 0 bridgehead atoms. The van der Waals surface area contributed by atoms with E-state index in [1.165, 1.54) is 10.4 Å². The summed E-state index contributed by atoms with van der Waals surface area (Å²) in [6.45, 7) is 3.42. The van der Waals surface area contributed by atoms with Crippen molar-refractivity contribution < 1.29 is 0 Å². The molecule has 0 amide bonds. The highest BCUT2D eigenvalue weighted by molar-refractivity contribution is 7.09. The van der Waals surface area contributed by atoms with Crippen molar-refractivity contribution >= 4 is 11.3 Å². The van der Waals surface area contributed by atoms with Gasteiger partial charge in [0.25, 0.3) is 0 Å². The fourth-order valence-electron chi connectivity index (χ4n) is 2.59. The molecule has 0 aliphatic rings. The van der Waals surface area contributed by atoms with Crippen molar-refractivity contribution in [2.45, 2.75) is 31.8 Å². The Hall–Kier alpha value is -1.16. The predicted molar refractivity (Wildman–Crippen MR) is 93.0 cm³/mol. The molecule has 0 aliphatic heterocycles. The standard InChI is InChI=1S/C18H26N2S/c1-15(14-17-10-7-13-21-17)20(3)12-11-18(19-2)16-8-5-4-6-9-16/h4-10,13,15,18-19H,11-12,14H2,1-3H3. The van der Waals surface area contributed by atoms with E-state index in [2.05, 4.69) is 72.0 Å². The second-order valence-electron chi connectivity index (χ2n) is 5.65. The van der Waals surface area contributed by atoms with Gasteiger partial charge < -0.3 is 10.2 Å². The fraction of sp³-hybridized carbons (Fsp3) is 0.444. The van der Waals surface area contributed by atoms with Crippen LogP contribution in [0.2, 0.25) is 0 Å². The van der Waals surface area contributed by atoms with E-state index in [9.17, 15) is 0 Å². The smallest absolute Gasteiger partial charge is 0.0329 e. The van der Waals surface area contributed by atoms with Crippen molar-refractivity contribution in [2.24, 2.45) is 0 Å². The first-order chi connectivity index (χ1) is 10.2. The van der Waals surface area contributed by atoms with Gasteiger partial charge in [-0.15, -0.1) is 11.3 Å². The van der Waals surface area contributed by atoms with Crippen molar-refractivity contribution in [1.82, 2.24) is 10.2 Å². The van der Waals surface area contributed by atoms with Gasteiger partial charge in [0.15, 0.2) is 0 Å². The Morgan fingerprint density at radius 1 is 1.14 bits per heavy atom. The zero-order chi connectivity index (χ0) is 15.1. The number of nitrogens with one attached hydrogen (secondary N) is 1. The van der Waals surface area contributed by atoms with Gasteiger partial charge in [-0.3, -0.25) is 0 Å². The van der Waals surface area contributed by atoms with E-state index in [1.807, 2.05) is 18.4 Å². The number of likely N-dealkylation sites (N-methyl/N-ethyl adjacent to an activating group) is 1. The van der Waals surface area contributed by atoms with Crippen LogP contribution in [0.3, 0.4) is 0 Å². The van der Waals surface area contributed by atoms with E-state index < -0.39 is 0 Å². The van der Waals surface area contributed by atoms with Gasteiger partial charge in [0.1, 0.15) is 0 Å². The quantitative estimate of drug-likeness (QED) is 0.794. The van der Waals surface area contributed by atoms with E-state index in [0.717, 1.165) is 19.4 Å². The number of hydrogen-bond acceptors (Lipinski definition) is 3. The second-order valence-corrected chi connectivity index (χ2v) is 6.69. The first-order valence-corrected chi connectivity index (χ1v) is 8.53. The molecular formula is C18H26N2S. The lowest BCUT2D eigenvalue weighted by atomic mass is 10.0. The molecule has 1 heterocycles. The average Bonchev–Trinajstić information content (AvgIpc) is 3.01. The van der Waals surface area contributed by atoms with Crippen LogP contribution in [0.5, 0.6) is 0 Å². The molecule has 0 fully saturated rings. The Morgan fingerprint density at radius 3 is 2.52 bits per heavy atom. The molecule has 0 radical (unpaired) electrons. The van der Waals surface area contributed by atoms with Crippen LogP contribution in [-0.2, 0) is 6.42 Å². The lowest BCUT2D eigenvalue weighted by molar-refractivity contribution is 0.243. The summed E-state index contributed by atoms with van der Waals surface area (Å²) in [5.74, 6) is 0. The Labute approximate surface area is 132 Å². The summed E-state index contributed by atoms with van der Waals surface area (Å²) in [4.78, 5) is 3.94. The van der Waals surface area contributed by atoms with Crippen LogP contribution in [0, 0.1) is 0 Å². The monoisotopic (exact) mass is 302 g/mol. The van der Waals surface area contributed by atoms with Crippen molar-refractivity contribution in [2.75, 3.05) is 20.6 Å². The number of rotatable bonds is 8. The molecule has 2 nitrogen and oxygen atoms in total. The van der Waals surface area contributed by atoms with E-state index in [0.29, 0.717) is 12.1 Å². The van der Waals surface area contributed by atoms with Crippen LogP contribution >= 0.6 is 11.3 Å². The molecule has 2 rings (SSSR count). The van der Waals surface area contributed by atoms with E-state index in [-0.39, 0.29) is 0 Å².